The first-order valence-corrected chi connectivity index (χ1v) is 8.75. The quantitative estimate of drug-likeness (QED) is 0.901. The molecule has 6 heteroatoms. The second kappa shape index (κ2) is 6.47. The zero-order valence-electron chi connectivity index (χ0n) is 12.4. The van der Waals surface area contributed by atoms with Crippen molar-refractivity contribution in [3.8, 4) is 0 Å². The maximum atomic E-state index is 12.1. The number of hydrogen-bond acceptors (Lipinski definition) is 3. The van der Waals surface area contributed by atoms with Crippen LogP contribution >= 0.6 is 0 Å². The Balaban J connectivity index is 1.95. The molecule has 1 fully saturated rings. The van der Waals surface area contributed by atoms with Crippen molar-refractivity contribution in [3.63, 3.8) is 0 Å². The van der Waals surface area contributed by atoms with E-state index >= 15 is 0 Å². The average Bonchev–Trinajstić information content (AvgIpc) is 2.41. The number of urea groups is 1. The van der Waals surface area contributed by atoms with Gasteiger partial charge < -0.3 is 5.32 Å². The number of carbonyl (C=O) groups is 1. The van der Waals surface area contributed by atoms with Crippen molar-refractivity contribution in [3.05, 3.63) is 29.8 Å². The molecule has 2 rings (SSSR count). The SMILES string of the molecule is Cc1cccc(S(=O)(=O)NC(=O)NC2CCC(C)CC2)c1. The zero-order valence-corrected chi connectivity index (χ0v) is 13.2. The van der Waals surface area contributed by atoms with E-state index in [9.17, 15) is 13.2 Å². The van der Waals surface area contributed by atoms with Crippen LogP contribution in [0.2, 0.25) is 0 Å². The molecule has 0 bridgehead atoms. The summed E-state index contributed by atoms with van der Waals surface area (Å²) in [6.07, 6.45) is 3.93. The maximum absolute atomic E-state index is 12.1. The van der Waals surface area contributed by atoms with Crippen molar-refractivity contribution in [2.75, 3.05) is 0 Å². The van der Waals surface area contributed by atoms with E-state index in [1.165, 1.54) is 12.1 Å². The fourth-order valence-corrected chi connectivity index (χ4v) is 3.60. The Hall–Kier alpha value is -1.56. The van der Waals surface area contributed by atoms with E-state index in [4.69, 9.17) is 0 Å². The molecule has 2 N–H and O–H groups in total. The Morgan fingerprint density at radius 1 is 1.19 bits per heavy atom. The van der Waals surface area contributed by atoms with Crippen molar-refractivity contribution in [2.45, 2.75) is 50.5 Å². The summed E-state index contributed by atoms with van der Waals surface area (Å²) in [6.45, 7) is 4.00. The van der Waals surface area contributed by atoms with Gasteiger partial charge in [0.25, 0.3) is 10.0 Å². The smallest absolute Gasteiger partial charge is 0.328 e. The molecule has 0 aromatic heterocycles. The van der Waals surface area contributed by atoms with Gasteiger partial charge in [0.1, 0.15) is 0 Å². The van der Waals surface area contributed by atoms with Crippen LogP contribution in [0, 0.1) is 12.8 Å². The lowest BCUT2D eigenvalue weighted by Gasteiger charge is -2.26. The van der Waals surface area contributed by atoms with Gasteiger partial charge in [-0.05, 0) is 56.2 Å². The molecule has 0 spiro atoms. The van der Waals surface area contributed by atoms with Crippen LogP contribution in [0.4, 0.5) is 4.79 Å². The fourth-order valence-electron chi connectivity index (χ4n) is 2.58. The summed E-state index contributed by atoms with van der Waals surface area (Å²) in [7, 11) is -3.81. The van der Waals surface area contributed by atoms with Crippen LogP contribution in [0.25, 0.3) is 0 Å². The van der Waals surface area contributed by atoms with Crippen LogP contribution in [-0.4, -0.2) is 20.5 Å². The number of sulfonamides is 1. The number of amides is 2. The summed E-state index contributed by atoms with van der Waals surface area (Å²) in [5, 5.41) is 2.75. The topological polar surface area (TPSA) is 75.3 Å². The molecule has 1 aliphatic rings. The fraction of sp³-hybridized carbons (Fsp3) is 0.533. The summed E-state index contributed by atoms with van der Waals surface area (Å²) in [5.41, 5.74) is 0.833. The highest BCUT2D eigenvalue weighted by Crippen LogP contribution is 2.23. The average molecular weight is 310 g/mol. The maximum Gasteiger partial charge on any atom is 0.328 e. The molecule has 5 nitrogen and oxygen atoms in total. The third kappa shape index (κ3) is 4.46. The van der Waals surface area contributed by atoms with E-state index in [2.05, 4.69) is 17.0 Å². The Bertz CT molecular complexity index is 605. The van der Waals surface area contributed by atoms with Crippen molar-refractivity contribution in [1.82, 2.24) is 10.0 Å². The predicted molar refractivity (Wildman–Crippen MR) is 81.5 cm³/mol. The molecular formula is C15H22N2O3S. The van der Waals surface area contributed by atoms with E-state index in [1.54, 1.807) is 6.07 Å². The number of rotatable bonds is 3. The lowest BCUT2D eigenvalue weighted by Crippen LogP contribution is -2.45. The Labute approximate surface area is 126 Å². The summed E-state index contributed by atoms with van der Waals surface area (Å²) in [6, 6.07) is 5.90. The largest absolute Gasteiger partial charge is 0.335 e. The normalized spacial score (nSPS) is 22.6. The van der Waals surface area contributed by atoms with Gasteiger partial charge in [-0.1, -0.05) is 19.1 Å². The molecule has 2 amide bonds. The van der Waals surface area contributed by atoms with Gasteiger partial charge in [-0.15, -0.1) is 0 Å². The Kier molecular flexibility index (Phi) is 4.88. The van der Waals surface area contributed by atoms with Gasteiger partial charge in [0, 0.05) is 6.04 Å². The first-order chi connectivity index (χ1) is 9.87. The summed E-state index contributed by atoms with van der Waals surface area (Å²) in [5.74, 6) is 0.683. The second-order valence-electron chi connectivity index (χ2n) is 5.85. The number of benzene rings is 1. The highest BCUT2D eigenvalue weighted by Gasteiger charge is 2.22. The van der Waals surface area contributed by atoms with Crippen LogP contribution in [0.15, 0.2) is 29.2 Å². The lowest BCUT2D eigenvalue weighted by atomic mass is 9.87. The first-order valence-electron chi connectivity index (χ1n) is 7.27. The molecule has 1 aliphatic carbocycles. The Morgan fingerprint density at radius 3 is 2.48 bits per heavy atom. The van der Waals surface area contributed by atoms with E-state index in [0.717, 1.165) is 31.2 Å². The van der Waals surface area contributed by atoms with E-state index < -0.39 is 16.1 Å². The van der Waals surface area contributed by atoms with Gasteiger partial charge in [0.15, 0.2) is 0 Å². The molecule has 0 radical (unpaired) electrons. The number of nitrogens with one attached hydrogen (secondary N) is 2. The summed E-state index contributed by atoms with van der Waals surface area (Å²) < 4.78 is 26.3. The molecule has 1 aromatic carbocycles. The molecule has 0 heterocycles. The molecule has 21 heavy (non-hydrogen) atoms. The monoisotopic (exact) mass is 310 g/mol. The third-order valence-electron chi connectivity index (χ3n) is 3.88. The Morgan fingerprint density at radius 2 is 1.86 bits per heavy atom. The summed E-state index contributed by atoms with van der Waals surface area (Å²) in [4.78, 5) is 12.0. The highest BCUT2D eigenvalue weighted by atomic mass is 32.2. The van der Waals surface area contributed by atoms with E-state index in [0.29, 0.717) is 5.92 Å². The van der Waals surface area contributed by atoms with Crippen LogP contribution < -0.4 is 10.0 Å². The predicted octanol–water partition coefficient (Wildman–Crippen LogP) is 2.56. The number of carbonyl (C=O) groups excluding carboxylic acids is 1. The van der Waals surface area contributed by atoms with Gasteiger partial charge >= 0.3 is 6.03 Å². The highest BCUT2D eigenvalue weighted by molar-refractivity contribution is 7.90. The van der Waals surface area contributed by atoms with Gasteiger partial charge in [-0.3, -0.25) is 0 Å². The molecule has 116 valence electrons. The molecule has 0 saturated heterocycles. The minimum atomic E-state index is -3.81. The van der Waals surface area contributed by atoms with E-state index in [1.807, 2.05) is 13.0 Å². The van der Waals surface area contributed by atoms with Crippen molar-refractivity contribution < 1.29 is 13.2 Å². The van der Waals surface area contributed by atoms with Gasteiger partial charge in [0.05, 0.1) is 4.90 Å². The minimum Gasteiger partial charge on any atom is -0.335 e. The third-order valence-corrected chi connectivity index (χ3v) is 5.21. The van der Waals surface area contributed by atoms with Crippen molar-refractivity contribution in [2.24, 2.45) is 5.92 Å². The van der Waals surface area contributed by atoms with Crippen molar-refractivity contribution in [1.29, 1.82) is 0 Å². The minimum absolute atomic E-state index is 0.0638. The van der Waals surface area contributed by atoms with E-state index in [-0.39, 0.29) is 10.9 Å². The molecule has 1 saturated carbocycles. The van der Waals surface area contributed by atoms with Crippen LogP contribution in [0.5, 0.6) is 0 Å². The molecule has 0 aliphatic heterocycles. The zero-order chi connectivity index (χ0) is 15.5. The van der Waals surface area contributed by atoms with Crippen LogP contribution in [0.1, 0.15) is 38.2 Å². The molecule has 1 aromatic rings. The standard InChI is InChI=1S/C15H22N2O3S/c1-11-6-8-13(9-7-11)16-15(18)17-21(19,20)14-5-3-4-12(2)10-14/h3-5,10-11,13H,6-9H2,1-2H3,(H2,16,17,18). The second-order valence-corrected chi connectivity index (χ2v) is 7.53. The van der Waals surface area contributed by atoms with Gasteiger partial charge in [0.2, 0.25) is 0 Å². The summed E-state index contributed by atoms with van der Waals surface area (Å²) >= 11 is 0. The van der Waals surface area contributed by atoms with Crippen molar-refractivity contribution >= 4 is 16.1 Å². The molecular weight excluding hydrogens is 288 g/mol. The van der Waals surface area contributed by atoms with Crippen LogP contribution in [0.3, 0.4) is 0 Å². The van der Waals surface area contributed by atoms with Crippen LogP contribution in [-0.2, 0) is 10.0 Å². The number of aryl methyl sites for hydroxylation is 1. The lowest BCUT2D eigenvalue weighted by molar-refractivity contribution is 0.233. The first kappa shape index (κ1) is 15.8. The van der Waals surface area contributed by atoms with Gasteiger partial charge in [-0.25, -0.2) is 17.9 Å². The van der Waals surface area contributed by atoms with Gasteiger partial charge in [-0.2, -0.15) is 0 Å². The number of hydrogen-bond donors (Lipinski definition) is 2. The molecule has 0 atom stereocenters. The molecule has 0 unspecified atom stereocenters.